The Hall–Kier alpha value is -2.01. The van der Waals surface area contributed by atoms with Crippen LogP contribution in [0.5, 0.6) is 11.5 Å². The van der Waals surface area contributed by atoms with E-state index in [1.807, 2.05) is 35.2 Å². The van der Waals surface area contributed by atoms with E-state index < -0.39 is 0 Å². The Kier molecular flexibility index (Phi) is 5.09. The van der Waals surface area contributed by atoms with Gasteiger partial charge in [0.05, 0.1) is 14.2 Å². The molecule has 0 aliphatic carbocycles. The van der Waals surface area contributed by atoms with E-state index in [4.69, 9.17) is 9.47 Å². The lowest BCUT2D eigenvalue weighted by atomic mass is 10.1. The number of nitrogens with zero attached hydrogens (tertiary/aromatic N) is 1. The van der Waals surface area contributed by atoms with Crippen LogP contribution in [0.2, 0.25) is 0 Å². The van der Waals surface area contributed by atoms with Crippen molar-refractivity contribution < 1.29 is 14.3 Å². The van der Waals surface area contributed by atoms with Gasteiger partial charge < -0.3 is 14.4 Å². The van der Waals surface area contributed by atoms with E-state index in [-0.39, 0.29) is 5.91 Å². The molecule has 0 spiro atoms. The minimum atomic E-state index is 0.158. The number of carbonyl (C=O) groups is 1. The molecule has 1 aliphatic rings. The van der Waals surface area contributed by atoms with Crippen molar-refractivity contribution in [1.29, 1.82) is 0 Å². The number of methoxy groups -OCH3 is 2. The van der Waals surface area contributed by atoms with Crippen LogP contribution in [0.4, 0.5) is 5.69 Å². The summed E-state index contributed by atoms with van der Waals surface area (Å²) in [5.74, 6) is 1.55. The largest absolute Gasteiger partial charge is 0.493 e. The highest BCUT2D eigenvalue weighted by Crippen LogP contribution is 2.32. The number of amides is 1. The molecule has 0 aromatic heterocycles. The van der Waals surface area contributed by atoms with Gasteiger partial charge in [-0.3, -0.25) is 4.79 Å². The number of carbonyl (C=O) groups excluding carboxylic acids is 1. The predicted octanol–water partition coefficient (Wildman–Crippen LogP) is 3.99. The number of fused-ring (bicyclic) bond motifs is 1. The van der Waals surface area contributed by atoms with Gasteiger partial charge in [-0.2, -0.15) is 0 Å². The lowest BCUT2D eigenvalue weighted by Gasteiger charge is -2.17. The number of hydrogen-bond acceptors (Lipinski definition) is 3. The SMILES string of the molecule is COc1ccc(CCC(=O)N2CCc3cc(Br)ccc32)cc1OC. The van der Waals surface area contributed by atoms with Crippen molar-refractivity contribution in [1.82, 2.24) is 0 Å². The Morgan fingerprint density at radius 2 is 1.92 bits per heavy atom. The summed E-state index contributed by atoms with van der Waals surface area (Å²) in [5, 5.41) is 0. The van der Waals surface area contributed by atoms with Crippen LogP contribution in [0.25, 0.3) is 0 Å². The van der Waals surface area contributed by atoms with Crippen LogP contribution in [0.1, 0.15) is 17.5 Å². The van der Waals surface area contributed by atoms with E-state index in [2.05, 4.69) is 22.0 Å². The first kappa shape index (κ1) is 16.8. The van der Waals surface area contributed by atoms with Crippen molar-refractivity contribution in [2.75, 3.05) is 25.7 Å². The van der Waals surface area contributed by atoms with E-state index in [0.717, 1.165) is 28.7 Å². The second-order valence-corrected chi connectivity index (χ2v) is 6.67. The van der Waals surface area contributed by atoms with Crippen molar-refractivity contribution in [3.05, 3.63) is 52.0 Å². The molecule has 2 aromatic rings. The molecule has 1 amide bonds. The van der Waals surface area contributed by atoms with Crippen molar-refractivity contribution in [2.45, 2.75) is 19.3 Å². The summed E-state index contributed by atoms with van der Waals surface area (Å²) in [7, 11) is 3.23. The maximum Gasteiger partial charge on any atom is 0.227 e. The molecule has 0 fully saturated rings. The van der Waals surface area contributed by atoms with E-state index in [0.29, 0.717) is 24.3 Å². The zero-order chi connectivity index (χ0) is 17.1. The molecule has 0 bridgehead atoms. The number of hydrogen-bond donors (Lipinski definition) is 0. The predicted molar refractivity (Wildman–Crippen MR) is 98.1 cm³/mol. The number of halogens is 1. The highest BCUT2D eigenvalue weighted by Gasteiger charge is 2.24. The number of benzene rings is 2. The summed E-state index contributed by atoms with van der Waals surface area (Å²) in [5.41, 5.74) is 3.33. The first-order chi connectivity index (χ1) is 11.6. The summed E-state index contributed by atoms with van der Waals surface area (Å²) < 4.78 is 11.6. The fourth-order valence-corrected chi connectivity index (χ4v) is 3.46. The summed E-state index contributed by atoms with van der Waals surface area (Å²) >= 11 is 3.48. The Labute approximate surface area is 150 Å². The number of ether oxygens (including phenoxy) is 2. The van der Waals surface area contributed by atoms with Crippen molar-refractivity contribution >= 4 is 27.5 Å². The third-order valence-corrected chi connectivity index (χ3v) is 4.81. The fraction of sp³-hybridized carbons (Fsp3) is 0.316. The standard InChI is InChI=1S/C19H20BrNO3/c1-23-17-7-3-13(11-18(17)24-2)4-8-19(22)21-10-9-14-12-15(20)5-6-16(14)21/h3,5-7,11-12H,4,8-10H2,1-2H3. The van der Waals surface area contributed by atoms with E-state index in [1.54, 1.807) is 14.2 Å². The van der Waals surface area contributed by atoms with Gasteiger partial charge in [0.2, 0.25) is 5.91 Å². The van der Waals surface area contributed by atoms with E-state index >= 15 is 0 Å². The lowest BCUT2D eigenvalue weighted by Crippen LogP contribution is -2.29. The maximum absolute atomic E-state index is 12.6. The molecular formula is C19H20BrNO3. The Bertz CT molecular complexity index is 760. The molecule has 3 rings (SSSR count). The number of rotatable bonds is 5. The highest BCUT2D eigenvalue weighted by molar-refractivity contribution is 9.10. The Balaban J connectivity index is 1.67. The number of aryl methyl sites for hydroxylation is 1. The fourth-order valence-electron chi connectivity index (χ4n) is 3.05. The lowest BCUT2D eigenvalue weighted by molar-refractivity contribution is -0.118. The average Bonchev–Trinajstić information content (AvgIpc) is 3.02. The van der Waals surface area contributed by atoms with Crippen molar-refractivity contribution in [2.24, 2.45) is 0 Å². The van der Waals surface area contributed by atoms with Crippen LogP contribution in [0.3, 0.4) is 0 Å². The topological polar surface area (TPSA) is 38.8 Å². The third-order valence-electron chi connectivity index (χ3n) is 4.31. The van der Waals surface area contributed by atoms with Gasteiger partial charge in [-0.1, -0.05) is 22.0 Å². The molecule has 5 heteroatoms. The van der Waals surface area contributed by atoms with Crippen LogP contribution in [0, 0.1) is 0 Å². The van der Waals surface area contributed by atoms with Gasteiger partial charge in [-0.05, 0) is 54.3 Å². The Morgan fingerprint density at radius 3 is 2.67 bits per heavy atom. The molecule has 0 saturated carbocycles. The van der Waals surface area contributed by atoms with Crippen LogP contribution in [0.15, 0.2) is 40.9 Å². The molecule has 0 radical (unpaired) electrons. The molecule has 0 N–H and O–H groups in total. The molecule has 2 aromatic carbocycles. The van der Waals surface area contributed by atoms with Crippen LogP contribution < -0.4 is 14.4 Å². The minimum Gasteiger partial charge on any atom is -0.493 e. The van der Waals surface area contributed by atoms with E-state index in [9.17, 15) is 4.79 Å². The average molecular weight is 390 g/mol. The van der Waals surface area contributed by atoms with Gasteiger partial charge in [0.25, 0.3) is 0 Å². The quantitative estimate of drug-likeness (QED) is 0.775. The van der Waals surface area contributed by atoms with Gasteiger partial charge in [-0.25, -0.2) is 0 Å². The summed E-state index contributed by atoms with van der Waals surface area (Å²) in [6.07, 6.45) is 2.07. The van der Waals surface area contributed by atoms with Gasteiger partial charge in [0.15, 0.2) is 11.5 Å². The number of anilines is 1. The monoisotopic (exact) mass is 389 g/mol. The van der Waals surface area contributed by atoms with Gasteiger partial charge >= 0.3 is 0 Å². The molecule has 126 valence electrons. The van der Waals surface area contributed by atoms with Gasteiger partial charge in [0.1, 0.15) is 0 Å². The first-order valence-corrected chi connectivity index (χ1v) is 8.71. The second kappa shape index (κ2) is 7.26. The zero-order valence-corrected chi connectivity index (χ0v) is 15.4. The molecule has 1 heterocycles. The molecule has 1 aliphatic heterocycles. The van der Waals surface area contributed by atoms with Crippen LogP contribution in [-0.2, 0) is 17.6 Å². The van der Waals surface area contributed by atoms with E-state index in [1.165, 1.54) is 5.56 Å². The molecule has 0 atom stereocenters. The summed E-state index contributed by atoms with van der Waals surface area (Å²) in [6, 6.07) is 11.9. The third kappa shape index (κ3) is 3.41. The molecule has 0 saturated heterocycles. The van der Waals surface area contributed by atoms with Crippen LogP contribution in [-0.4, -0.2) is 26.7 Å². The normalized spacial score (nSPS) is 12.9. The van der Waals surface area contributed by atoms with Crippen molar-refractivity contribution in [3.63, 3.8) is 0 Å². The smallest absolute Gasteiger partial charge is 0.227 e. The first-order valence-electron chi connectivity index (χ1n) is 7.92. The molecular weight excluding hydrogens is 370 g/mol. The summed E-state index contributed by atoms with van der Waals surface area (Å²) in [6.45, 7) is 0.760. The van der Waals surface area contributed by atoms with Crippen LogP contribution >= 0.6 is 15.9 Å². The molecule has 0 unspecified atom stereocenters. The zero-order valence-electron chi connectivity index (χ0n) is 13.8. The van der Waals surface area contributed by atoms with Gasteiger partial charge in [0, 0.05) is 23.1 Å². The minimum absolute atomic E-state index is 0.158. The summed E-state index contributed by atoms with van der Waals surface area (Å²) in [4.78, 5) is 14.5. The maximum atomic E-state index is 12.6. The highest BCUT2D eigenvalue weighted by atomic mass is 79.9. The van der Waals surface area contributed by atoms with Crippen molar-refractivity contribution in [3.8, 4) is 11.5 Å². The Morgan fingerprint density at radius 1 is 1.12 bits per heavy atom. The molecule has 24 heavy (non-hydrogen) atoms. The molecule has 4 nitrogen and oxygen atoms in total. The van der Waals surface area contributed by atoms with Gasteiger partial charge in [-0.15, -0.1) is 0 Å². The second-order valence-electron chi connectivity index (χ2n) is 5.76.